The summed E-state index contributed by atoms with van der Waals surface area (Å²) in [6.45, 7) is 0.459. The number of carboxylic acids is 2. The molecule has 1 heterocycles. The van der Waals surface area contributed by atoms with E-state index in [4.69, 9.17) is 11.5 Å². The largest absolute Gasteiger partial charge is 0.480 e. The molecule has 0 bridgehead atoms. The molecule has 1 aromatic heterocycles. The summed E-state index contributed by atoms with van der Waals surface area (Å²) in [5.41, 5.74) is 13.5. The summed E-state index contributed by atoms with van der Waals surface area (Å²) in [6.07, 6.45) is 0.293. The van der Waals surface area contributed by atoms with Gasteiger partial charge in [0, 0.05) is 29.5 Å². The molecule has 0 aliphatic rings. The fourth-order valence-corrected chi connectivity index (χ4v) is 3.63. The summed E-state index contributed by atoms with van der Waals surface area (Å²) >= 11 is 0. The first-order valence-corrected chi connectivity index (χ1v) is 11.6. The highest BCUT2D eigenvalue weighted by Gasteiger charge is 2.21. The van der Waals surface area contributed by atoms with E-state index in [0.717, 1.165) is 0 Å². The number of aliphatic carboxylic acids is 1. The second kappa shape index (κ2) is 12.7. The van der Waals surface area contributed by atoms with E-state index in [1.807, 2.05) is 0 Å². The predicted octanol–water partition coefficient (Wildman–Crippen LogP) is 1.95. The molecule has 0 spiro atoms. The van der Waals surface area contributed by atoms with Crippen LogP contribution in [0, 0.1) is 0 Å². The van der Waals surface area contributed by atoms with Crippen LogP contribution in [0.3, 0.4) is 0 Å². The third-order valence-corrected chi connectivity index (χ3v) is 5.50. The van der Waals surface area contributed by atoms with Crippen LogP contribution in [0.5, 0.6) is 0 Å². The van der Waals surface area contributed by atoms with Crippen LogP contribution in [0.15, 0.2) is 60.7 Å². The van der Waals surface area contributed by atoms with Gasteiger partial charge in [0.15, 0.2) is 0 Å². The highest BCUT2D eigenvalue weighted by Crippen LogP contribution is 2.14. The lowest BCUT2D eigenvalue weighted by Crippen LogP contribution is -2.41. The second-order valence-corrected chi connectivity index (χ2v) is 8.36. The number of aromatic nitrogens is 1. The number of carboxylic acid groups (broad SMARTS) is 2. The number of nitrogens with two attached hydrogens (primary N) is 2. The van der Waals surface area contributed by atoms with Crippen LogP contribution in [0.1, 0.15) is 49.6 Å². The van der Waals surface area contributed by atoms with Gasteiger partial charge in [0.1, 0.15) is 11.9 Å². The lowest BCUT2D eigenvalue weighted by atomic mass is 10.1. The van der Waals surface area contributed by atoms with Gasteiger partial charge in [-0.1, -0.05) is 12.1 Å². The third kappa shape index (κ3) is 7.68. The first-order valence-electron chi connectivity index (χ1n) is 11.6. The molecule has 2 aromatic carbocycles. The quantitative estimate of drug-likeness (QED) is 0.173. The molecule has 0 aliphatic carbocycles. The molecule has 9 N–H and O–H groups in total. The molecular formula is C26H28N6O6. The molecular weight excluding hydrogens is 492 g/mol. The van der Waals surface area contributed by atoms with Gasteiger partial charge < -0.3 is 37.6 Å². The normalized spacial score (nSPS) is 11.3. The van der Waals surface area contributed by atoms with Gasteiger partial charge in [0.25, 0.3) is 11.8 Å². The molecule has 3 aromatic rings. The smallest absolute Gasteiger partial charge is 0.336 e. The number of pyridine rings is 1. The number of hydrogen-bond donors (Lipinski definition) is 7. The van der Waals surface area contributed by atoms with Crippen molar-refractivity contribution in [3.63, 3.8) is 0 Å². The monoisotopic (exact) mass is 520 g/mol. The topological polar surface area (TPSA) is 210 Å². The first-order chi connectivity index (χ1) is 18.1. The van der Waals surface area contributed by atoms with E-state index in [1.165, 1.54) is 18.2 Å². The fourth-order valence-electron chi connectivity index (χ4n) is 3.63. The molecule has 0 radical (unpaired) electrons. The van der Waals surface area contributed by atoms with Crippen molar-refractivity contribution in [1.29, 1.82) is 0 Å². The maximum atomic E-state index is 12.6. The molecule has 0 fully saturated rings. The van der Waals surface area contributed by atoms with Crippen LogP contribution in [-0.4, -0.2) is 51.5 Å². The van der Waals surface area contributed by atoms with Crippen molar-refractivity contribution < 1.29 is 29.4 Å². The van der Waals surface area contributed by atoms with Crippen molar-refractivity contribution in [1.82, 2.24) is 15.6 Å². The molecule has 12 nitrogen and oxygen atoms in total. The Labute approximate surface area is 218 Å². The molecule has 3 rings (SSSR count). The average Bonchev–Trinajstić information content (AvgIpc) is 2.88. The van der Waals surface area contributed by atoms with Crippen molar-refractivity contribution in [2.24, 2.45) is 0 Å². The van der Waals surface area contributed by atoms with Gasteiger partial charge in [-0.2, -0.15) is 0 Å². The molecule has 198 valence electrons. The minimum Gasteiger partial charge on any atom is -0.480 e. The van der Waals surface area contributed by atoms with Crippen molar-refractivity contribution >= 4 is 40.9 Å². The van der Waals surface area contributed by atoms with Crippen LogP contribution >= 0.6 is 0 Å². The summed E-state index contributed by atoms with van der Waals surface area (Å²) in [5, 5.41) is 26.9. The number of carbonyl (C=O) groups excluding carboxylic acids is 2. The Kier molecular flexibility index (Phi) is 9.19. The molecule has 0 unspecified atom stereocenters. The highest BCUT2D eigenvalue weighted by molar-refractivity contribution is 6.04. The van der Waals surface area contributed by atoms with Crippen molar-refractivity contribution in [2.75, 3.05) is 23.3 Å². The number of nitrogens with zero attached hydrogens (tertiary/aromatic N) is 1. The molecule has 0 aliphatic heterocycles. The number of aromatic carboxylic acids is 1. The summed E-state index contributed by atoms with van der Waals surface area (Å²) in [7, 11) is 0. The first kappa shape index (κ1) is 27.5. The summed E-state index contributed by atoms with van der Waals surface area (Å²) < 4.78 is 0. The van der Waals surface area contributed by atoms with Crippen LogP contribution in [0.4, 0.5) is 17.2 Å². The van der Waals surface area contributed by atoms with E-state index in [1.54, 1.807) is 42.5 Å². The van der Waals surface area contributed by atoms with Crippen molar-refractivity contribution in [3.8, 4) is 0 Å². The van der Waals surface area contributed by atoms with Gasteiger partial charge in [-0.3, -0.25) is 9.59 Å². The van der Waals surface area contributed by atoms with E-state index >= 15 is 0 Å². The number of carbonyl (C=O) groups is 4. The Morgan fingerprint density at radius 3 is 2.21 bits per heavy atom. The van der Waals surface area contributed by atoms with Crippen molar-refractivity contribution in [2.45, 2.75) is 25.4 Å². The molecule has 12 heteroatoms. The molecule has 0 saturated heterocycles. The lowest BCUT2D eigenvalue weighted by Gasteiger charge is -2.15. The number of hydrogen-bond acceptors (Lipinski definition) is 8. The highest BCUT2D eigenvalue weighted by atomic mass is 16.4. The zero-order valence-electron chi connectivity index (χ0n) is 20.3. The van der Waals surface area contributed by atoms with Gasteiger partial charge in [-0.25, -0.2) is 14.6 Å². The van der Waals surface area contributed by atoms with E-state index < -0.39 is 29.8 Å². The average molecular weight is 521 g/mol. The maximum Gasteiger partial charge on any atom is 0.336 e. The summed E-state index contributed by atoms with van der Waals surface area (Å²) in [5.74, 6) is -3.27. The van der Waals surface area contributed by atoms with E-state index in [0.29, 0.717) is 29.4 Å². The summed E-state index contributed by atoms with van der Waals surface area (Å²) in [4.78, 5) is 52.0. The van der Waals surface area contributed by atoms with Gasteiger partial charge in [-0.05, 0) is 55.3 Å². The zero-order valence-corrected chi connectivity index (χ0v) is 20.3. The van der Waals surface area contributed by atoms with E-state index in [-0.39, 0.29) is 36.1 Å². The Morgan fingerprint density at radius 2 is 1.58 bits per heavy atom. The predicted molar refractivity (Wildman–Crippen MR) is 141 cm³/mol. The van der Waals surface area contributed by atoms with Crippen LogP contribution in [0.2, 0.25) is 0 Å². The van der Waals surface area contributed by atoms with Crippen LogP contribution in [-0.2, 0) is 11.3 Å². The van der Waals surface area contributed by atoms with E-state index in [9.17, 15) is 29.4 Å². The number of benzene rings is 2. The number of amides is 2. The number of nitrogen functional groups attached to an aromatic ring is 2. The van der Waals surface area contributed by atoms with Crippen LogP contribution < -0.4 is 27.4 Å². The third-order valence-electron chi connectivity index (χ3n) is 5.50. The summed E-state index contributed by atoms with van der Waals surface area (Å²) in [6, 6.07) is 14.3. The van der Waals surface area contributed by atoms with Crippen LogP contribution in [0.25, 0.3) is 0 Å². The molecule has 2 amide bonds. The maximum absolute atomic E-state index is 12.6. The Balaban J connectivity index is 1.49. The minimum atomic E-state index is -1.23. The van der Waals surface area contributed by atoms with Gasteiger partial charge in [-0.15, -0.1) is 0 Å². The van der Waals surface area contributed by atoms with Gasteiger partial charge in [0.2, 0.25) is 0 Å². The SMILES string of the molecule is Nc1cc(N)nc(CNc2ccc(C(=O)N[C@@H](CCCNC(=O)c3ccccc3C(=O)O)C(=O)O)cc2)c1. The van der Waals surface area contributed by atoms with E-state index in [2.05, 4.69) is 20.9 Å². The van der Waals surface area contributed by atoms with Gasteiger partial charge in [0.05, 0.1) is 23.4 Å². The molecule has 0 saturated carbocycles. The van der Waals surface area contributed by atoms with Crippen molar-refractivity contribution in [3.05, 3.63) is 83.0 Å². The Bertz CT molecular complexity index is 1310. The van der Waals surface area contributed by atoms with Gasteiger partial charge >= 0.3 is 11.9 Å². The lowest BCUT2D eigenvalue weighted by molar-refractivity contribution is -0.139. The number of anilines is 3. The standard InChI is InChI=1S/C26H28N6O6/c27-16-12-18(31-22(28)13-16)14-30-17-9-7-15(8-10-17)23(33)32-21(26(37)38)6-3-11-29-24(34)19-4-1-2-5-20(19)25(35)36/h1-2,4-5,7-10,12-13,21,30H,3,6,11,14H2,(H,29,34)(H,32,33)(H,35,36)(H,37,38)(H4,27,28,31)/t21-/m0/s1. The minimum absolute atomic E-state index is 0.00863. The number of nitrogens with one attached hydrogen (secondary N) is 3. The molecule has 1 atom stereocenters. The zero-order chi connectivity index (χ0) is 27.7. The second-order valence-electron chi connectivity index (χ2n) is 8.36. The Morgan fingerprint density at radius 1 is 0.895 bits per heavy atom. The molecule has 38 heavy (non-hydrogen) atoms. The fraction of sp³-hybridized carbons (Fsp3) is 0.192. The number of rotatable bonds is 12. The Hall–Kier alpha value is -5.13.